The zero-order valence-corrected chi connectivity index (χ0v) is 18.3. The molecule has 0 radical (unpaired) electrons. The van der Waals surface area contributed by atoms with Gasteiger partial charge >= 0.3 is 5.97 Å². The molecule has 1 fully saturated rings. The van der Waals surface area contributed by atoms with Crippen molar-refractivity contribution in [3.63, 3.8) is 0 Å². The van der Waals surface area contributed by atoms with Gasteiger partial charge in [-0.2, -0.15) is 0 Å². The third kappa shape index (κ3) is 2.97. The van der Waals surface area contributed by atoms with Gasteiger partial charge in [-0.05, 0) is 68.9 Å². The molecule has 2 aliphatic heterocycles. The summed E-state index contributed by atoms with van der Waals surface area (Å²) in [5.41, 5.74) is 1.83. The van der Waals surface area contributed by atoms with E-state index in [1.165, 1.54) is 0 Å². The number of benzene rings is 2. The van der Waals surface area contributed by atoms with Crippen LogP contribution < -0.4 is 15.0 Å². The molecule has 2 aromatic rings. The van der Waals surface area contributed by atoms with Crippen molar-refractivity contribution in [2.24, 2.45) is 5.92 Å². The molecule has 0 saturated carbocycles. The Bertz CT molecular complexity index is 966. The quantitative estimate of drug-likeness (QED) is 0.538. The molecule has 0 unspecified atom stereocenters. The molecule has 1 N–H and O–H groups in total. The van der Waals surface area contributed by atoms with Gasteiger partial charge in [0.2, 0.25) is 5.72 Å². The monoisotopic (exact) mass is 460 g/mol. The summed E-state index contributed by atoms with van der Waals surface area (Å²) < 4.78 is 12.8. The number of carbonyl (C=O) groups is 1. The molecule has 28 heavy (non-hydrogen) atoms. The summed E-state index contributed by atoms with van der Waals surface area (Å²) in [5.74, 6) is -0.182. The zero-order chi connectivity index (χ0) is 20.1. The van der Waals surface area contributed by atoms with Gasteiger partial charge in [0.1, 0.15) is 11.7 Å². The Morgan fingerprint density at radius 1 is 1.36 bits per heavy atom. The first kappa shape index (κ1) is 19.2. The van der Waals surface area contributed by atoms with Crippen LogP contribution >= 0.6 is 28.1 Å². The molecule has 7 heteroatoms. The van der Waals surface area contributed by atoms with E-state index < -0.39 is 11.6 Å². The van der Waals surface area contributed by atoms with Gasteiger partial charge in [0.05, 0.1) is 12.6 Å². The number of fused-ring (bicyclic) bond motifs is 4. The Labute approximate surface area is 178 Å². The van der Waals surface area contributed by atoms with Crippen LogP contribution in [0.25, 0.3) is 0 Å². The van der Waals surface area contributed by atoms with Crippen LogP contribution in [0, 0.1) is 12.8 Å². The Morgan fingerprint density at radius 3 is 2.86 bits per heavy atom. The van der Waals surface area contributed by atoms with Gasteiger partial charge in [-0.25, -0.2) is 0 Å². The number of ether oxygens (including phenoxy) is 2. The molecule has 4 rings (SSSR count). The number of anilines is 1. The van der Waals surface area contributed by atoms with Crippen molar-refractivity contribution in [2.75, 3.05) is 11.5 Å². The molecule has 3 atom stereocenters. The average Bonchev–Trinajstić information content (AvgIpc) is 2.62. The van der Waals surface area contributed by atoms with E-state index in [2.05, 4.69) is 21.2 Å². The third-order valence-electron chi connectivity index (χ3n) is 5.26. The van der Waals surface area contributed by atoms with Crippen LogP contribution in [-0.2, 0) is 9.53 Å². The van der Waals surface area contributed by atoms with Gasteiger partial charge in [0.15, 0.2) is 5.11 Å². The maximum absolute atomic E-state index is 13.0. The van der Waals surface area contributed by atoms with Crippen LogP contribution in [0.2, 0.25) is 0 Å². The van der Waals surface area contributed by atoms with Crippen molar-refractivity contribution in [1.29, 1.82) is 0 Å². The number of nitrogens with one attached hydrogen (secondary N) is 1. The summed E-state index contributed by atoms with van der Waals surface area (Å²) in [6.45, 7) is 6.04. The molecule has 0 aliphatic carbocycles. The number of rotatable bonds is 3. The van der Waals surface area contributed by atoms with E-state index in [9.17, 15) is 4.79 Å². The number of hydrogen-bond acceptors (Lipinski definition) is 4. The lowest BCUT2D eigenvalue weighted by Gasteiger charge is -2.55. The Hall–Kier alpha value is -2.12. The summed E-state index contributed by atoms with van der Waals surface area (Å²) in [6.07, 6.45) is 0. The van der Waals surface area contributed by atoms with Crippen molar-refractivity contribution in [3.8, 4) is 5.75 Å². The predicted octanol–water partition coefficient (Wildman–Crippen LogP) is 4.48. The molecular formula is C21H21BrN2O3S. The largest absolute Gasteiger partial charge is 0.466 e. The molecule has 0 aromatic heterocycles. The van der Waals surface area contributed by atoms with E-state index in [1.807, 2.05) is 61.2 Å². The summed E-state index contributed by atoms with van der Waals surface area (Å²) >= 11 is 9.23. The topological polar surface area (TPSA) is 50.8 Å². The van der Waals surface area contributed by atoms with Crippen molar-refractivity contribution in [1.82, 2.24) is 5.32 Å². The van der Waals surface area contributed by atoms with Gasteiger partial charge in [-0.15, -0.1) is 0 Å². The molecule has 146 valence electrons. The van der Waals surface area contributed by atoms with Gasteiger partial charge < -0.3 is 14.8 Å². The first-order valence-electron chi connectivity index (χ1n) is 9.17. The fraction of sp³-hybridized carbons (Fsp3) is 0.333. The molecule has 2 heterocycles. The predicted molar refractivity (Wildman–Crippen MR) is 115 cm³/mol. The van der Waals surface area contributed by atoms with Gasteiger partial charge in [0.25, 0.3) is 0 Å². The maximum Gasteiger partial charge on any atom is 0.317 e. The van der Waals surface area contributed by atoms with Crippen LogP contribution in [0.3, 0.4) is 0 Å². The van der Waals surface area contributed by atoms with E-state index in [-0.39, 0.29) is 12.0 Å². The highest BCUT2D eigenvalue weighted by Gasteiger charge is 2.59. The number of thiocarbonyl (C=S) groups is 1. The average molecular weight is 461 g/mol. The van der Waals surface area contributed by atoms with Gasteiger partial charge in [-0.3, -0.25) is 9.69 Å². The molecule has 1 saturated heterocycles. The first-order valence-corrected chi connectivity index (χ1v) is 10.4. The van der Waals surface area contributed by atoms with Crippen LogP contribution in [0.5, 0.6) is 5.75 Å². The number of nitrogens with zero attached hydrogens (tertiary/aromatic N) is 1. The minimum Gasteiger partial charge on any atom is -0.466 e. The second-order valence-corrected chi connectivity index (χ2v) is 8.47. The van der Waals surface area contributed by atoms with E-state index in [1.54, 1.807) is 6.92 Å². The van der Waals surface area contributed by atoms with Gasteiger partial charge in [-0.1, -0.05) is 28.1 Å². The molecule has 2 aliphatic rings. The molecule has 2 aromatic carbocycles. The summed E-state index contributed by atoms with van der Waals surface area (Å²) in [5, 5.41) is 3.89. The second-order valence-electron chi connectivity index (χ2n) is 7.17. The Kier molecular flexibility index (Phi) is 4.83. The molecule has 2 bridgehead atoms. The number of aryl methyl sites for hydroxylation is 1. The summed E-state index contributed by atoms with van der Waals surface area (Å²) in [6, 6.07) is 13.5. The lowest BCUT2D eigenvalue weighted by atomic mass is 9.79. The van der Waals surface area contributed by atoms with Crippen molar-refractivity contribution < 1.29 is 14.3 Å². The highest BCUT2D eigenvalue weighted by molar-refractivity contribution is 9.10. The molecule has 0 amide bonds. The third-order valence-corrected chi connectivity index (χ3v) is 6.05. The number of halogens is 1. The van der Waals surface area contributed by atoms with Gasteiger partial charge in [0, 0.05) is 15.7 Å². The van der Waals surface area contributed by atoms with E-state index in [0.29, 0.717) is 11.7 Å². The molecule has 0 spiro atoms. The lowest BCUT2D eigenvalue weighted by molar-refractivity contribution is -0.159. The normalized spacial score (nSPS) is 25.4. The smallest absolute Gasteiger partial charge is 0.317 e. The zero-order valence-electron chi connectivity index (χ0n) is 15.9. The molecular weight excluding hydrogens is 440 g/mol. The van der Waals surface area contributed by atoms with Crippen LogP contribution in [0.4, 0.5) is 5.69 Å². The fourth-order valence-corrected chi connectivity index (χ4v) is 4.90. The first-order chi connectivity index (χ1) is 13.3. The van der Waals surface area contributed by atoms with Crippen molar-refractivity contribution >= 4 is 44.9 Å². The Balaban J connectivity index is 1.90. The minimum absolute atomic E-state index is 0.304. The number of hydrogen-bond donors (Lipinski definition) is 1. The van der Waals surface area contributed by atoms with E-state index in [4.69, 9.17) is 21.7 Å². The standard InChI is InChI=1S/C21H21BrN2O3S/c1-4-26-19(25)17-18-15-11-13(22)8-9-16(15)27-21(17,3)24(20(28)23-18)14-7-5-6-12(2)10-14/h5-11,17-18H,4H2,1-3H3,(H,23,28)/t17-,18+,21-/m0/s1. The Morgan fingerprint density at radius 2 is 2.14 bits per heavy atom. The van der Waals surface area contributed by atoms with Crippen LogP contribution in [-0.4, -0.2) is 23.4 Å². The van der Waals surface area contributed by atoms with Crippen molar-refractivity contribution in [2.45, 2.75) is 32.5 Å². The van der Waals surface area contributed by atoms with Crippen LogP contribution in [0.15, 0.2) is 46.9 Å². The highest BCUT2D eigenvalue weighted by Crippen LogP contribution is 2.50. The van der Waals surface area contributed by atoms with E-state index >= 15 is 0 Å². The summed E-state index contributed by atoms with van der Waals surface area (Å²) in [4.78, 5) is 14.9. The second kappa shape index (κ2) is 7.04. The fourth-order valence-electron chi connectivity index (χ4n) is 4.10. The minimum atomic E-state index is -1.02. The number of esters is 1. The highest BCUT2D eigenvalue weighted by atomic mass is 79.9. The van der Waals surface area contributed by atoms with Crippen LogP contribution in [0.1, 0.15) is 31.0 Å². The maximum atomic E-state index is 13.0. The van der Waals surface area contributed by atoms with E-state index in [0.717, 1.165) is 27.0 Å². The van der Waals surface area contributed by atoms with Crippen molar-refractivity contribution in [3.05, 3.63) is 58.1 Å². The number of carbonyl (C=O) groups excluding carboxylic acids is 1. The SMILES string of the molecule is CCOC(=O)[C@@H]1[C@@H]2NC(=S)N(c3cccc(C)c3)[C@@]1(C)Oc1ccc(Br)cc12. The molecule has 5 nitrogen and oxygen atoms in total. The lowest BCUT2D eigenvalue weighted by Crippen LogP contribution is -2.71. The summed E-state index contributed by atoms with van der Waals surface area (Å²) in [7, 11) is 0.